The lowest BCUT2D eigenvalue weighted by molar-refractivity contribution is 0.145. The molecule has 18 heavy (non-hydrogen) atoms. The molecule has 0 radical (unpaired) electrons. The van der Waals surface area contributed by atoms with Crippen LogP contribution in [0.2, 0.25) is 0 Å². The molecule has 0 bridgehead atoms. The summed E-state index contributed by atoms with van der Waals surface area (Å²) in [6, 6.07) is 5.87. The molecule has 5 heteroatoms. The fourth-order valence-corrected chi connectivity index (χ4v) is 2.31. The Morgan fingerprint density at radius 2 is 2.06 bits per heavy atom. The summed E-state index contributed by atoms with van der Waals surface area (Å²) in [5.74, 6) is 0.133. The number of aliphatic hydroxyl groups excluding tert-OH is 1. The zero-order valence-electron chi connectivity index (χ0n) is 10.5. The highest BCUT2D eigenvalue weighted by molar-refractivity contribution is 5.98. The summed E-state index contributed by atoms with van der Waals surface area (Å²) < 4.78 is 0. The van der Waals surface area contributed by atoms with Crippen molar-refractivity contribution in [1.29, 1.82) is 0 Å². The van der Waals surface area contributed by atoms with E-state index >= 15 is 0 Å². The number of anilines is 1. The molecule has 5 nitrogen and oxygen atoms in total. The molecule has 1 fully saturated rings. The van der Waals surface area contributed by atoms with Gasteiger partial charge in [-0.25, -0.2) is 0 Å². The Morgan fingerprint density at radius 3 is 2.61 bits per heavy atom. The van der Waals surface area contributed by atoms with Gasteiger partial charge in [0.2, 0.25) is 0 Å². The first-order valence-electron chi connectivity index (χ1n) is 6.13. The summed E-state index contributed by atoms with van der Waals surface area (Å²) in [6.45, 7) is 3.67. The summed E-state index contributed by atoms with van der Waals surface area (Å²) in [5.41, 5.74) is 8.44. The Bertz CT molecular complexity index is 452. The molecule has 0 aromatic heterocycles. The predicted molar refractivity (Wildman–Crippen MR) is 71.1 cm³/mol. The lowest BCUT2D eigenvalue weighted by Crippen LogP contribution is -2.35. The zero-order valence-corrected chi connectivity index (χ0v) is 10.5. The number of aliphatic hydroxyl groups is 1. The second kappa shape index (κ2) is 5.27. The maximum absolute atomic E-state index is 9.49. The standard InChI is InChI=1S/C13H19N3O2/c1-9-8-10(2-3-12(9)13(14)15-18)16-6-4-11(17)5-7-16/h2-3,8,11,17-18H,4-7H2,1H3,(H2,14,15). The molecule has 0 unspecified atom stereocenters. The summed E-state index contributed by atoms with van der Waals surface area (Å²) >= 11 is 0. The van der Waals surface area contributed by atoms with E-state index in [0.29, 0.717) is 0 Å². The molecular weight excluding hydrogens is 230 g/mol. The summed E-state index contributed by atoms with van der Waals surface area (Å²) in [6.07, 6.45) is 1.45. The molecule has 1 heterocycles. The van der Waals surface area contributed by atoms with Crippen molar-refractivity contribution < 1.29 is 10.3 Å². The summed E-state index contributed by atoms with van der Waals surface area (Å²) in [5, 5.41) is 21.2. The SMILES string of the molecule is Cc1cc(N2CCC(O)CC2)ccc1/C(N)=N/O. The minimum Gasteiger partial charge on any atom is -0.409 e. The highest BCUT2D eigenvalue weighted by Gasteiger charge is 2.17. The van der Waals surface area contributed by atoms with Gasteiger partial charge in [0.05, 0.1) is 6.10 Å². The van der Waals surface area contributed by atoms with Crippen LogP contribution < -0.4 is 10.6 Å². The van der Waals surface area contributed by atoms with Crippen molar-refractivity contribution in [2.45, 2.75) is 25.9 Å². The number of piperidine rings is 1. The average Bonchev–Trinajstić information content (AvgIpc) is 2.38. The van der Waals surface area contributed by atoms with Crippen LogP contribution in [-0.4, -0.2) is 35.3 Å². The molecule has 0 saturated carbocycles. The van der Waals surface area contributed by atoms with Gasteiger partial charge in [-0.2, -0.15) is 0 Å². The van der Waals surface area contributed by atoms with Gasteiger partial charge in [0.25, 0.3) is 0 Å². The fourth-order valence-electron chi connectivity index (χ4n) is 2.31. The van der Waals surface area contributed by atoms with Gasteiger partial charge in [0, 0.05) is 24.3 Å². The number of oxime groups is 1. The number of amidine groups is 1. The number of hydrogen-bond acceptors (Lipinski definition) is 4. The Hall–Kier alpha value is -1.75. The molecule has 1 aliphatic heterocycles. The zero-order chi connectivity index (χ0) is 13.1. The largest absolute Gasteiger partial charge is 0.409 e. The average molecular weight is 249 g/mol. The minimum atomic E-state index is -0.168. The molecule has 0 atom stereocenters. The van der Waals surface area contributed by atoms with Gasteiger partial charge in [-0.3, -0.25) is 0 Å². The van der Waals surface area contributed by atoms with Crippen molar-refractivity contribution in [2.24, 2.45) is 10.9 Å². The van der Waals surface area contributed by atoms with Crippen LogP contribution in [-0.2, 0) is 0 Å². The van der Waals surface area contributed by atoms with Crippen LogP contribution in [0.1, 0.15) is 24.0 Å². The number of nitrogens with two attached hydrogens (primary N) is 1. The van der Waals surface area contributed by atoms with Crippen molar-refractivity contribution in [3.8, 4) is 0 Å². The highest BCUT2D eigenvalue weighted by Crippen LogP contribution is 2.22. The third kappa shape index (κ3) is 2.56. The van der Waals surface area contributed by atoms with Crippen LogP contribution in [0.5, 0.6) is 0 Å². The fraction of sp³-hybridized carbons (Fsp3) is 0.462. The van der Waals surface area contributed by atoms with Crippen LogP contribution in [0, 0.1) is 6.92 Å². The number of benzene rings is 1. The van der Waals surface area contributed by atoms with Crippen LogP contribution in [0.15, 0.2) is 23.4 Å². The number of hydrogen-bond donors (Lipinski definition) is 3. The van der Waals surface area contributed by atoms with E-state index in [-0.39, 0.29) is 11.9 Å². The van der Waals surface area contributed by atoms with Gasteiger partial charge in [-0.05, 0) is 43.5 Å². The molecule has 2 rings (SSSR count). The van der Waals surface area contributed by atoms with Gasteiger partial charge in [0.1, 0.15) is 0 Å². The van der Waals surface area contributed by atoms with Crippen molar-refractivity contribution in [1.82, 2.24) is 0 Å². The van der Waals surface area contributed by atoms with E-state index in [2.05, 4.69) is 10.1 Å². The molecule has 1 aromatic carbocycles. The van der Waals surface area contributed by atoms with E-state index in [1.54, 1.807) is 0 Å². The second-order valence-corrected chi connectivity index (χ2v) is 4.70. The minimum absolute atomic E-state index is 0.133. The van der Waals surface area contributed by atoms with Crippen molar-refractivity contribution in [3.05, 3.63) is 29.3 Å². The summed E-state index contributed by atoms with van der Waals surface area (Å²) in [7, 11) is 0. The van der Waals surface area contributed by atoms with Crippen molar-refractivity contribution >= 4 is 11.5 Å². The van der Waals surface area contributed by atoms with Crippen molar-refractivity contribution in [3.63, 3.8) is 0 Å². The van der Waals surface area contributed by atoms with E-state index in [1.165, 1.54) is 0 Å². The quantitative estimate of drug-likeness (QED) is 0.317. The van der Waals surface area contributed by atoms with Crippen LogP contribution in [0.4, 0.5) is 5.69 Å². The first-order valence-corrected chi connectivity index (χ1v) is 6.13. The number of aryl methyl sites for hydroxylation is 1. The highest BCUT2D eigenvalue weighted by atomic mass is 16.4. The maximum Gasteiger partial charge on any atom is 0.170 e. The van der Waals surface area contributed by atoms with E-state index in [4.69, 9.17) is 10.9 Å². The van der Waals surface area contributed by atoms with Gasteiger partial charge in [-0.15, -0.1) is 0 Å². The number of nitrogens with zero attached hydrogens (tertiary/aromatic N) is 2. The van der Waals surface area contributed by atoms with E-state index < -0.39 is 0 Å². The topological polar surface area (TPSA) is 82.1 Å². The molecule has 4 N–H and O–H groups in total. The first kappa shape index (κ1) is 12.7. The molecule has 0 amide bonds. The van der Waals surface area contributed by atoms with E-state index in [1.807, 2.05) is 25.1 Å². The summed E-state index contributed by atoms with van der Waals surface area (Å²) in [4.78, 5) is 2.25. The first-order chi connectivity index (χ1) is 8.61. The van der Waals surface area contributed by atoms with Crippen LogP contribution in [0.3, 0.4) is 0 Å². The Balaban J connectivity index is 2.19. The molecule has 0 spiro atoms. The van der Waals surface area contributed by atoms with Crippen molar-refractivity contribution in [2.75, 3.05) is 18.0 Å². The molecule has 1 aromatic rings. The molecule has 1 saturated heterocycles. The third-order valence-electron chi connectivity index (χ3n) is 3.42. The van der Waals surface area contributed by atoms with Crippen LogP contribution in [0.25, 0.3) is 0 Å². The van der Waals surface area contributed by atoms with Gasteiger partial charge in [-0.1, -0.05) is 5.16 Å². The Labute approximate surface area is 107 Å². The molecule has 0 aliphatic carbocycles. The molecule has 98 valence electrons. The Kier molecular flexibility index (Phi) is 3.72. The van der Waals surface area contributed by atoms with Gasteiger partial charge in [0.15, 0.2) is 5.84 Å². The van der Waals surface area contributed by atoms with Gasteiger partial charge >= 0.3 is 0 Å². The second-order valence-electron chi connectivity index (χ2n) is 4.70. The maximum atomic E-state index is 9.49. The predicted octanol–water partition coefficient (Wildman–Crippen LogP) is 1.05. The van der Waals surface area contributed by atoms with E-state index in [9.17, 15) is 5.11 Å². The molecular formula is C13H19N3O2. The molecule has 1 aliphatic rings. The smallest absolute Gasteiger partial charge is 0.170 e. The third-order valence-corrected chi connectivity index (χ3v) is 3.42. The number of rotatable bonds is 2. The van der Waals surface area contributed by atoms with Crippen LogP contribution >= 0.6 is 0 Å². The normalized spacial score (nSPS) is 18.1. The van der Waals surface area contributed by atoms with Gasteiger partial charge < -0.3 is 20.9 Å². The lowest BCUT2D eigenvalue weighted by atomic mass is 10.0. The monoisotopic (exact) mass is 249 g/mol. The Morgan fingerprint density at radius 1 is 1.39 bits per heavy atom. The lowest BCUT2D eigenvalue weighted by Gasteiger charge is -2.31. The van der Waals surface area contributed by atoms with E-state index in [0.717, 1.165) is 42.7 Å².